The van der Waals surface area contributed by atoms with Crippen LogP contribution in [-0.2, 0) is 14.3 Å². The molecule has 0 amide bonds. The first-order valence-electron chi connectivity index (χ1n) is 9.63. The van der Waals surface area contributed by atoms with Gasteiger partial charge in [-0.1, -0.05) is 19.1 Å². The lowest BCUT2D eigenvalue weighted by Gasteiger charge is -2.45. The van der Waals surface area contributed by atoms with E-state index in [1.807, 2.05) is 0 Å². The lowest BCUT2D eigenvalue weighted by Crippen LogP contribution is -2.40. The summed E-state index contributed by atoms with van der Waals surface area (Å²) in [6.45, 7) is 3.61. The van der Waals surface area contributed by atoms with E-state index in [0.717, 1.165) is 38.5 Å². The second kappa shape index (κ2) is 5.15. The van der Waals surface area contributed by atoms with Crippen LogP contribution in [0.4, 0.5) is 0 Å². The topological polar surface area (TPSA) is 35.5 Å². The molecule has 3 heteroatoms. The van der Waals surface area contributed by atoms with E-state index in [0.29, 0.717) is 30.8 Å². The van der Waals surface area contributed by atoms with Gasteiger partial charge in [0.2, 0.25) is 0 Å². The lowest BCUT2D eigenvalue weighted by molar-refractivity contribution is -0.125. The molecular formula is C21H26O3. The molecule has 24 heavy (non-hydrogen) atoms. The number of ether oxygens (including phenoxy) is 2. The van der Waals surface area contributed by atoms with Crippen molar-refractivity contribution in [2.45, 2.75) is 57.7 Å². The van der Waals surface area contributed by atoms with Crippen LogP contribution in [0.15, 0.2) is 34.9 Å². The maximum absolute atomic E-state index is 12.6. The average molecular weight is 326 g/mol. The van der Waals surface area contributed by atoms with Crippen molar-refractivity contribution in [1.29, 1.82) is 0 Å². The van der Waals surface area contributed by atoms with Crippen LogP contribution in [0.3, 0.4) is 0 Å². The normalized spacial score (nSPS) is 39.7. The Bertz CT molecular complexity index is 677. The van der Waals surface area contributed by atoms with E-state index in [-0.39, 0.29) is 5.41 Å². The number of carbonyl (C=O) groups is 1. The van der Waals surface area contributed by atoms with E-state index in [1.165, 1.54) is 23.1 Å². The zero-order valence-electron chi connectivity index (χ0n) is 14.5. The van der Waals surface area contributed by atoms with Gasteiger partial charge in [-0.3, -0.25) is 4.79 Å². The first-order valence-corrected chi connectivity index (χ1v) is 9.63. The predicted octanol–water partition coefficient (Wildman–Crippen LogP) is 4.10. The van der Waals surface area contributed by atoms with Gasteiger partial charge >= 0.3 is 0 Å². The monoisotopic (exact) mass is 326 g/mol. The van der Waals surface area contributed by atoms with Gasteiger partial charge in [0.25, 0.3) is 0 Å². The van der Waals surface area contributed by atoms with E-state index < -0.39 is 5.79 Å². The van der Waals surface area contributed by atoms with Gasteiger partial charge in [0.05, 0.1) is 18.6 Å². The highest BCUT2D eigenvalue weighted by Crippen LogP contribution is 2.57. The van der Waals surface area contributed by atoms with Crippen molar-refractivity contribution in [3.63, 3.8) is 0 Å². The van der Waals surface area contributed by atoms with Crippen molar-refractivity contribution in [3.05, 3.63) is 34.9 Å². The quantitative estimate of drug-likeness (QED) is 0.728. The van der Waals surface area contributed by atoms with E-state index in [9.17, 15) is 4.79 Å². The molecule has 0 bridgehead atoms. The second-order valence-corrected chi connectivity index (χ2v) is 8.05. The van der Waals surface area contributed by atoms with E-state index in [1.54, 1.807) is 0 Å². The number of rotatable bonds is 1. The van der Waals surface area contributed by atoms with E-state index in [2.05, 4.69) is 25.2 Å². The van der Waals surface area contributed by atoms with Gasteiger partial charge in [-0.15, -0.1) is 0 Å². The maximum Gasteiger partial charge on any atom is 0.188 e. The fraction of sp³-hybridized carbons (Fsp3) is 0.667. The molecule has 1 spiro atoms. The zero-order chi connectivity index (χ0) is 16.4. The molecule has 0 radical (unpaired) electrons. The number of hydrogen-bond acceptors (Lipinski definition) is 3. The fourth-order valence-electron chi connectivity index (χ4n) is 6.04. The average Bonchev–Trinajstić information content (AvgIpc) is 3.19. The van der Waals surface area contributed by atoms with Gasteiger partial charge in [-0.25, -0.2) is 0 Å². The van der Waals surface area contributed by atoms with Gasteiger partial charge in [-0.2, -0.15) is 0 Å². The molecule has 1 heterocycles. The molecule has 1 aliphatic heterocycles. The second-order valence-electron chi connectivity index (χ2n) is 8.05. The van der Waals surface area contributed by atoms with Crippen LogP contribution in [0, 0.1) is 17.3 Å². The number of carbonyl (C=O) groups excluding carboxylic acids is 1. The van der Waals surface area contributed by atoms with Crippen LogP contribution < -0.4 is 0 Å². The zero-order valence-corrected chi connectivity index (χ0v) is 14.5. The molecule has 0 aromatic rings. The molecule has 1 saturated heterocycles. The molecule has 0 aromatic heterocycles. The Morgan fingerprint density at radius 3 is 2.79 bits per heavy atom. The minimum absolute atomic E-state index is 0.163. The van der Waals surface area contributed by atoms with Gasteiger partial charge in [0.15, 0.2) is 5.79 Å². The Labute approximate surface area is 143 Å². The molecule has 3 atom stereocenters. The largest absolute Gasteiger partial charge is 0.344 e. The van der Waals surface area contributed by atoms with Crippen molar-refractivity contribution >= 4 is 5.78 Å². The number of fused-ring (bicyclic) bond motifs is 4. The molecule has 0 aromatic carbocycles. The summed E-state index contributed by atoms with van der Waals surface area (Å²) in [6.07, 6.45) is 13.9. The summed E-state index contributed by atoms with van der Waals surface area (Å²) in [5.74, 6) is 1.14. The van der Waals surface area contributed by atoms with Crippen LogP contribution in [0.1, 0.15) is 51.9 Å². The van der Waals surface area contributed by atoms with Crippen LogP contribution in [0.5, 0.6) is 0 Å². The summed E-state index contributed by atoms with van der Waals surface area (Å²) < 4.78 is 11.8. The predicted molar refractivity (Wildman–Crippen MR) is 91.3 cm³/mol. The third-order valence-electron chi connectivity index (χ3n) is 7.25. The highest BCUT2D eigenvalue weighted by Gasteiger charge is 2.53. The number of ketones is 1. The Hall–Kier alpha value is -1.19. The van der Waals surface area contributed by atoms with Crippen molar-refractivity contribution in [1.82, 2.24) is 0 Å². The molecule has 4 aliphatic carbocycles. The number of Topliss-reactive ketones (excluding diaryl/α,β-unsaturated/α-hetero) is 1. The van der Waals surface area contributed by atoms with Gasteiger partial charge in [-0.05, 0) is 66.7 Å². The highest BCUT2D eigenvalue weighted by molar-refractivity contribution is 5.90. The minimum Gasteiger partial charge on any atom is -0.344 e. The number of hydrogen-bond donors (Lipinski definition) is 0. The summed E-state index contributed by atoms with van der Waals surface area (Å²) >= 11 is 0. The molecular weight excluding hydrogens is 300 g/mol. The highest BCUT2D eigenvalue weighted by atomic mass is 16.7. The van der Waals surface area contributed by atoms with Crippen LogP contribution in [0.25, 0.3) is 0 Å². The first-order chi connectivity index (χ1) is 11.7. The minimum atomic E-state index is -0.443. The van der Waals surface area contributed by atoms with Crippen molar-refractivity contribution in [2.24, 2.45) is 17.3 Å². The summed E-state index contributed by atoms with van der Waals surface area (Å²) in [7, 11) is 0. The Morgan fingerprint density at radius 2 is 2.00 bits per heavy atom. The molecule has 0 N–H and O–H groups in total. The number of allylic oxidation sites excluding steroid dienone is 5. The smallest absolute Gasteiger partial charge is 0.188 e. The molecule has 128 valence electrons. The van der Waals surface area contributed by atoms with Crippen LogP contribution in [0.2, 0.25) is 0 Å². The van der Waals surface area contributed by atoms with E-state index >= 15 is 0 Å². The summed E-state index contributed by atoms with van der Waals surface area (Å²) in [6, 6.07) is 0. The SMILES string of the molecule is CC[C@]12C=CC3=C4CCC5(C=C4CC[C@H]3[C@@H]1CCC2=O)OCCO5. The third kappa shape index (κ3) is 1.89. The standard InChI is InChI=1S/C21H26O3/c1-2-20-9-7-16-15-8-10-21(23-11-12-24-21)13-14(15)3-4-17(16)18(20)5-6-19(20)22/h7,9,13,17-18H,2-6,8,10-12H2,1H3/t17-,18+,20+/m1/s1. The fourth-order valence-corrected chi connectivity index (χ4v) is 6.04. The molecule has 3 nitrogen and oxygen atoms in total. The summed E-state index contributed by atoms with van der Waals surface area (Å²) in [5, 5.41) is 0. The van der Waals surface area contributed by atoms with Crippen LogP contribution >= 0.6 is 0 Å². The maximum atomic E-state index is 12.6. The van der Waals surface area contributed by atoms with Gasteiger partial charge in [0.1, 0.15) is 5.78 Å². The van der Waals surface area contributed by atoms with E-state index in [4.69, 9.17) is 9.47 Å². The Balaban J connectivity index is 1.57. The van der Waals surface area contributed by atoms with Gasteiger partial charge in [0, 0.05) is 12.8 Å². The van der Waals surface area contributed by atoms with Crippen molar-refractivity contribution in [3.8, 4) is 0 Å². The van der Waals surface area contributed by atoms with Gasteiger partial charge < -0.3 is 9.47 Å². The molecule has 5 rings (SSSR count). The third-order valence-corrected chi connectivity index (χ3v) is 7.25. The lowest BCUT2D eigenvalue weighted by atomic mass is 9.59. The van der Waals surface area contributed by atoms with Crippen molar-refractivity contribution in [2.75, 3.05) is 13.2 Å². The Morgan fingerprint density at radius 1 is 1.17 bits per heavy atom. The van der Waals surface area contributed by atoms with Crippen molar-refractivity contribution < 1.29 is 14.3 Å². The molecule has 5 aliphatic rings. The molecule has 0 unspecified atom stereocenters. The summed E-state index contributed by atoms with van der Waals surface area (Å²) in [5.41, 5.74) is 4.32. The summed E-state index contributed by atoms with van der Waals surface area (Å²) in [4.78, 5) is 12.6. The molecule has 2 fully saturated rings. The Kier molecular flexibility index (Phi) is 3.24. The molecule has 1 saturated carbocycles. The first kappa shape index (κ1) is 15.1. The van der Waals surface area contributed by atoms with Crippen LogP contribution in [-0.4, -0.2) is 24.8 Å².